The van der Waals surface area contributed by atoms with E-state index in [1.165, 1.54) is 0 Å². The molecule has 0 amide bonds. The van der Waals surface area contributed by atoms with Crippen LogP contribution in [0.15, 0.2) is 72.8 Å². The molecule has 0 saturated carbocycles. The summed E-state index contributed by atoms with van der Waals surface area (Å²) < 4.78 is 5.99. The van der Waals surface area contributed by atoms with Gasteiger partial charge in [-0.1, -0.05) is 66.2 Å². The van der Waals surface area contributed by atoms with Gasteiger partial charge in [0.15, 0.2) is 0 Å². The highest BCUT2D eigenvalue weighted by Gasteiger charge is 2.19. The molecule has 0 unspecified atom stereocenters. The third kappa shape index (κ3) is 7.22. The second-order valence-electron chi connectivity index (χ2n) is 6.63. The lowest BCUT2D eigenvalue weighted by molar-refractivity contribution is -0.00881. The summed E-state index contributed by atoms with van der Waals surface area (Å²) in [7, 11) is 0. The number of hydrogen-bond acceptors (Lipinski definition) is 3. The summed E-state index contributed by atoms with van der Waals surface area (Å²) in [5.41, 5.74) is 2.95. The average molecular weight is 340 g/mol. The molecule has 0 radical (unpaired) electrons. The van der Waals surface area contributed by atoms with Crippen LogP contribution in [0, 0.1) is 0 Å². The maximum atomic E-state index is 10.4. The number of ether oxygens (including phenoxy) is 1. The van der Waals surface area contributed by atoms with Gasteiger partial charge in [0.25, 0.3) is 0 Å². The van der Waals surface area contributed by atoms with Gasteiger partial charge in [-0.05, 0) is 30.9 Å². The van der Waals surface area contributed by atoms with Crippen molar-refractivity contribution in [3.63, 3.8) is 0 Å². The molecular formula is C22H28O3. The van der Waals surface area contributed by atoms with Gasteiger partial charge in [0, 0.05) is 6.42 Å². The van der Waals surface area contributed by atoms with E-state index in [0.717, 1.165) is 16.7 Å². The molecule has 0 aliphatic rings. The Morgan fingerprint density at radius 3 is 2.16 bits per heavy atom. The number of benzene rings is 2. The highest BCUT2D eigenvalue weighted by atomic mass is 16.5. The highest BCUT2D eigenvalue weighted by Crippen LogP contribution is 2.22. The summed E-state index contributed by atoms with van der Waals surface area (Å²) in [6, 6.07) is 19.4. The molecule has 0 aliphatic carbocycles. The summed E-state index contributed by atoms with van der Waals surface area (Å²) in [6.45, 7) is 6.42. The van der Waals surface area contributed by atoms with E-state index in [2.05, 4.69) is 6.58 Å². The van der Waals surface area contributed by atoms with Crippen LogP contribution in [0.3, 0.4) is 0 Å². The van der Waals surface area contributed by atoms with Gasteiger partial charge in [0.1, 0.15) is 0 Å². The molecule has 0 spiro atoms. The number of hydrogen-bond donors (Lipinski definition) is 2. The first-order valence-corrected chi connectivity index (χ1v) is 8.75. The van der Waals surface area contributed by atoms with Crippen LogP contribution in [0.1, 0.15) is 43.4 Å². The SMILES string of the molecule is C=C(C)C[C@@H](C[C@@H](O)C[C@@H](O)c1ccccc1)OCc1ccccc1. The van der Waals surface area contributed by atoms with Crippen molar-refractivity contribution < 1.29 is 14.9 Å². The van der Waals surface area contributed by atoms with Crippen molar-refractivity contribution in [3.05, 3.63) is 83.9 Å². The lowest BCUT2D eigenvalue weighted by atomic mass is 9.98. The Hall–Kier alpha value is -1.94. The fourth-order valence-corrected chi connectivity index (χ4v) is 2.86. The predicted octanol–water partition coefficient (Wildman–Crippen LogP) is 4.41. The molecule has 2 N–H and O–H groups in total. The second kappa shape index (κ2) is 10.1. The van der Waals surface area contributed by atoms with Crippen molar-refractivity contribution in [1.29, 1.82) is 0 Å². The zero-order chi connectivity index (χ0) is 18.1. The number of aliphatic hydroxyl groups is 2. The topological polar surface area (TPSA) is 49.7 Å². The minimum atomic E-state index is -0.671. The Kier molecular flexibility index (Phi) is 7.86. The van der Waals surface area contributed by atoms with Crippen LogP contribution in [-0.2, 0) is 11.3 Å². The Balaban J connectivity index is 1.88. The molecule has 0 aliphatic heterocycles. The fraction of sp³-hybridized carbons (Fsp3) is 0.364. The smallest absolute Gasteiger partial charge is 0.0814 e. The van der Waals surface area contributed by atoms with Crippen molar-refractivity contribution >= 4 is 0 Å². The quantitative estimate of drug-likeness (QED) is 0.630. The third-order valence-corrected chi connectivity index (χ3v) is 4.12. The van der Waals surface area contributed by atoms with Crippen molar-refractivity contribution in [1.82, 2.24) is 0 Å². The third-order valence-electron chi connectivity index (χ3n) is 4.12. The lowest BCUT2D eigenvalue weighted by Gasteiger charge is -2.23. The van der Waals surface area contributed by atoms with E-state index >= 15 is 0 Å². The van der Waals surface area contributed by atoms with Gasteiger partial charge in [-0.25, -0.2) is 0 Å². The monoisotopic (exact) mass is 340 g/mol. The molecule has 3 atom stereocenters. The fourth-order valence-electron chi connectivity index (χ4n) is 2.86. The largest absolute Gasteiger partial charge is 0.393 e. The first-order valence-electron chi connectivity index (χ1n) is 8.75. The molecule has 2 rings (SSSR count). The summed E-state index contributed by atoms with van der Waals surface area (Å²) in [6.07, 6.45) is 0.0575. The maximum Gasteiger partial charge on any atom is 0.0814 e. The summed E-state index contributed by atoms with van der Waals surface area (Å²) in [4.78, 5) is 0. The zero-order valence-electron chi connectivity index (χ0n) is 14.8. The first-order chi connectivity index (χ1) is 12.0. The van der Waals surface area contributed by atoms with Crippen LogP contribution in [-0.4, -0.2) is 22.4 Å². The Morgan fingerprint density at radius 2 is 1.56 bits per heavy atom. The van der Waals surface area contributed by atoms with E-state index in [1.807, 2.05) is 67.6 Å². The molecule has 2 aromatic rings. The van der Waals surface area contributed by atoms with Crippen molar-refractivity contribution in [2.45, 2.75) is 51.1 Å². The van der Waals surface area contributed by atoms with Crippen LogP contribution in [0.4, 0.5) is 0 Å². The minimum absolute atomic E-state index is 0.115. The molecule has 0 aromatic heterocycles. The van der Waals surface area contributed by atoms with Crippen molar-refractivity contribution in [2.24, 2.45) is 0 Å². The Morgan fingerprint density at radius 1 is 0.960 bits per heavy atom. The molecule has 3 heteroatoms. The van der Waals surface area contributed by atoms with Gasteiger partial charge in [0.2, 0.25) is 0 Å². The molecule has 25 heavy (non-hydrogen) atoms. The average Bonchev–Trinajstić information content (AvgIpc) is 2.60. The standard InChI is InChI=1S/C22H28O3/c1-17(2)13-21(25-16-18-9-5-3-6-10-18)14-20(23)15-22(24)19-11-7-4-8-12-19/h3-12,20-24H,1,13-16H2,2H3/t20-,21+,22-/m1/s1. The summed E-state index contributed by atoms with van der Waals surface area (Å²) >= 11 is 0. The zero-order valence-corrected chi connectivity index (χ0v) is 14.8. The van der Waals surface area contributed by atoms with E-state index < -0.39 is 12.2 Å². The van der Waals surface area contributed by atoms with Gasteiger partial charge in [-0.2, -0.15) is 0 Å². The molecule has 2 aromatic carbocycles. The maximum absolute atomic E-state index is 10.4. The molecule has 0 bridgehead atoms. The number of rotatable bonds is 10. The van der Waals surface area contributed by atoms with Gasteiger partial charge in [-0.15, -0.1) is 6.58 Å². The van der Waals surface area contributed by atoms with E-state index in [0.29, 0.717) is 25.9 Å². The molecule has 134 valence electrons. The second-order valence-corrected chi connectivity index (χ2v) is 6.63. The van der Waals surface area contributed by atoms with Crippen LogP contribution in [0.5, 0.6) is 0 Å². The molecule has 0 saturated heterocycles. The van der Waals surface area contributed by atoms with Crippen LogP contribution in [0.25, 0.3) is 0 Å². The Labute approximate surface area is 150 Å². The van der Waals surface area contributed by atoms with Gasteiger partial charge in [-0.3, -0.25) is 0 Å². The van der Waals surface area contributed by atoms with E-state index in [9.17, 15) is 10.2 Å². The predicted molar refractivity (Wildman–Crippen MR) is 101 cm³/mol. The summed E-state index contributed by atoms with van der Waals surface area (Å²) in [5.74, 6) is 0. The van der Waals surface area contributed by atoms with Crippen molar-refractivity contribution in [2.75, 3.05) is 0 Å². The van der Waals surface area contributed by atoms with E-state index in [4.69, 9.17) is 4.74 Å². The molecule has 0 fully saturated rings. The van der Waals surface area contributed by atoms with Crippen LogP contribution in [0.2, 0.25) is 0 Å². The molecule has 3 nitrogen and oxygen atoms in total. The number of aliphatic hydroxyl groups excluding tert-OH is 2. The normalized spacial score (nSPS) is 14.7. The summed E-state index contributed by atoms with van der Waals surface area (Å²) in [5, 5.41) is 20.7. The first kappa shape index (κ1) is 19.4. The minimum Gasteiger partial charge on any atom is -0.393 e. The van der Waals surface area contributed by atoms with Gasteiger partial charge >= 0.3 is 0 Å². The van der Waals surface area contributed by atoms with Crippen LogP contribution >= 0.6 is 0 Å². The van der Waals surface area contributed by atoms with Gasteiger partial charge in [0.05, 0.1) is 24.9 Å². The van der Waals surface area contributed by atoms with Crippen LogP contribution < -0.4 is 0 Å². The van der Waals surface area contributed by atoms with Gasteiger partial charge < -0.3 is 14.9 Å². The molecular weight excluding hydrogens is 312 g/mol. The lowest BCUT2D eigenvalue weighted by Crippen LogP contribution is -2.23. The van der Waals surface area contributed by atoms with E-state index in [-0.39, 0.29) is 6.10 Å². The van der Waals surface area contributed by atoms with E-state index in [1.54, 1.807) is 0 Å². The molecule has 0 heterocycles. The Bertz CT molecular complexity index is 624. The highest BCUT2D eigenvalue weighted by molar-refractivity contribution is 5.17. The van der Waals surface area contributed by atoms with Crippen molar-refractivity contribution in [3.8, 4) is 0 Å².